The number of hydrogen-bond donors (Lipinski definition) is 0. The summed E-state index contributed by atoms with van der Waals surface area (Å²) in [5, 5.41) is 0.887. The summed E-state index contributed by atoms with van der Waals surface area (Å²) in [5.41, 5.74) is 3.04. The van der Waals surface area contributed by atoms with Crippen LogP contribution in [0.2, 0.25) is 0 Å². The first-order valence-corrected chi connectivity index (χ1v) is 8.98. The first-order chi connectivity index (χ1) is 13.2. The highest BCUT2D eigenvalue weighted by molar-refractivity contribution is 5.84. The number of imidazole rings is 1. The van der Waals surface area contributed by atoms with Crippen LogP contribution in [0, 0.1) is 0 Å². The monoisotopic (exact) mass is 361 g/mol. The zero-order valence-electron chi connectivity index (χ0n) is 15.0. The van der Waals surface area contributed by atoms with Gasteiger partial charge in [0.05, 0.1) is 17.5 Å². The van der Waals surface area contributed by atoms with Crippen molar-refractivity contribution in [1.82, 2.24) is 19.3 Å². The Morgan fingerprint density at radius 1 is 1.11 bits per heavy atom. The van der Waals surface area contributed by atoms with E-state index in [1.54, 1.807) is 18.6 Å². The second-order valence-corrected chi connectivity index (χ2v) is 6.93. The van der Waals surface area contributed by atoms with E-state index in [1.165, 1.54) is 0 Å². The summed E-state index contributed by atoms with van der Waals surface area (Å²) in [4.78, 5) is 25.8. The molecule has 1 aliphatic rings. The van der Waals surface area contributed by atoms with Gasteiger partial charge in [-0.05, 0) is 25.2 Å². The lowest BCUT2D eigenvalue weighted by molar-refractivity contribution is 0.313. The predicted molar refractivity (Wildman–Crippen MR) is 104 cm³/mol. The van der Waals surface area contributed by atoms with Gasteiger partial charge in [-0.1, -0.05) is 0 Å². The molecule has 5 rings (SSSR count). The number of fused-ring (bicyclic) bond motifs is 2. The standard InChI is InChI=1S/C20H19N5O2/c1-23-6-8-24(9-7-23)15-3-2-14-10-16(20(26)27-18(14)11-15)17-13-25-5-4-21-12-19(25)22-17/h2-5,10-13H,6-9H2,1H3. The van der Waals surface area contributed by atoms with Crippen molar-refractivity contribution in [1.29, 1.82) is 0 Å². The van der Waals surface area contributed by atoms with Crippen molar-refractivity contribution in [2.24, 2.45) is 0 Å². The van der Waals surface area contributed by atoms with E-state index in [9.17, 15) is 4.79 Å². The fraction of sp³-hybridized carbons (Fsp3) is 0.250. The molecule has 4 heterocycles. The third-order valence-electron chi connectivity index (χ3n) is 5.13. The van der Waals surface area contributed by atoms with Gasteiger partial charge in [-0.3, -0.25) is 4.98 Å². The minimum absolute atomic E-state index is 0.380. The summed E-state index contributed by atoms with van der Waals surface area (Å²) in [6.07, 6.45) is 6.96. The van der Waals surface area contributed by atoms with Gasteiger partial charge in [0.15, 0.2) is 5.65 Å². The highest BCUT2D eigenvalue weighted by atomic mass is 16.4. The van der Waals surface area contributed by atoms with Gasteiger partial charge in [-0.25, -0.2) is 9.78 Å². The Morgan fingerprint density at radius 2 is 1.96 bits per heavy atom. The fourth-order valence-electron chi connectivity index (χ4n) is 3.51. The highest BCUT2D eigenvalue weighted by Gasteiger charge is 2.16. The molecule has 1 aliphatic heterocycles. The minimum Gasteiger partial charge on any atom is -0.422 e. The number of benzene rings is 1. The van der Waals surface area contributed by atoms with Crippen molar-refractivity contribution in [2.45, 2.75) is 0 Å². The van der Waals surface area contributed by atoms with Gasteiger partial charge in [0.2, 0.25) is 0 Å². The SMILES string of the molecule is CN1CCN(c2ccc3cc(-c4cn5ccncc5n4)c(=O)oc3c2)CC1. The molecule has 0 N–H and O–H groups in total. The van der Waals surface area contributed by atoms with Crippen molar-refractivity contribution in [3.63, 3.8) is 0 Å². The van der Waals surface area contributed by atoms with Crippen molar-refractivity contribution < 1.29 is 4.42 Å². The van der Waals surface area contributed by atoms with Crippen molar-refractivity contribution >= 4 is 22.3 Å². The Kier molecular flexibility index (Phi) is 3.68. The molecule has 136 valence electrons. The van der Waals surface area contributed by atoms with E-state index in [4.69, 9.17) is 4.42 Å². The molecule has 3 aromatic heterocycles. The van der Waals surface area contributed by atoms with E-state index in [0.29, 0.717) is 22.5 Å². The van der Waals surface area contributed by atoms with Crippen molar-refractivity contribution in [3.05, 3.63) is 59.5 Å². The Labute approximate surface area is 155 Å². The second kappa shape index (κ2) is 6.21. The lowest BCUT2D eigenvalue weighted by Gasteiger charge is -2.34. The lowest BCUT2D eigenvalue weighted by Crippen LogP contribution is -2.44. The molecule has 0 amide bonds. The summed E-state index contributed by atoms with van der Waals surface area (Å²) >= 11 is 0. The number of likely N-dealkylation sites (N-methyl/N-ethyl adjacent to an activating group) is 1. The average molecular weight is 361 g/mol. The summed E-state index contributed by atoms with van der Waals surface area (Å²) in [6, 6.07) is 7.90. The molecular formula is C20H19N5O2. The van der Waals surface area contributed by atoms with Crippen LogP contribution in [0.5, 0.6) is 0 Å². The van der Waals surface area contributed by atoms with Gasteiger partial charge >= 0.3 is 5.63 Å². The summed E-state index contributed by atoms with van der Waals surface area (Å²) in [5.74, 6) is 0. The van der Waals surface area contributed by atoms with E-state index in [2.05, 4.69) is 32.9 Å². The number of anilines is 1. The third-order valence-corrected chi connectivity index (χ3v) is 5.13. The molecule has 7 heteroatoms. The summed E-state index contributed by atoms with van der Waals surface area (Å²) in [6.45, 7) is 4.01. The molecule has 0 saturated carbocycles. The van der Waals surface area contributed by atoms with E-state index >= 15 is 0 Å². The maximum absolute atomic E-state index is 12.6. The van der Waals surface area contributed by atoms with Crippen LogP contribution in [-0.4, -0.2) is 52.5 Å². The van der Waals surface area contributed by atoms with Crippen molar-refractivity contribution in [3.8, 4) is 11.3 Å². The summed E-state index contributed by atoms with van der Waals surface area (Å²) < 4.78 is 7.47. The zero-order valence-corrected chi connectivity index (χ0v) is 15.0. The number of hydrogen-bond acceptors (Lipinski definition) is 6. The van der Waals surface area contributed by atoms with E-state index < -0.39 is 0 Å². The van der Waals surface area contributed by atoms with E-state index in [1.807, 2.05) is 28.8 Å². The lowest BCUT2D eigenvalue weighted by atomic mass is 10.1. The molecule has 1 aromatic carbocycles. The molecule has 7 nitrogen and oxygen atoms in total. The highest BCUT2D eigenvalue weighted by Crippen LogP contribution is 2.25. The first kappa shape index (κ1) is 16.0. The molecule has 0 radical (unpaired) electrons. The van der Waals surface area contributed by atoms with Gasteiger partial charge in [0, 0.05) is 61.9 Å². The van der Waals surface area contributed by atoms with Gasteiger partial charge in [0.1, 0.15) is 5.58 Å². The van der Waals surface area contributed by atoms with Crippen LogP contribution in [-0.2, 0) is 0 Å². The van der Waals surface area contributed by atoms with Crippen LogP contribution >= 0.6 is 0 Å². The third kappa shape index (κ3) is 2.86. The van der Waals surface area contributed by atoms with Crippen LogP contribution in [0.15, 0.2) is 58.3 Å². The van der Waals surface area contributed by atoms with Gasteiger partial charge in [0.25, 0.3) is 0 Å². The molecule has 0 atom stereocenters. The molecular weight excluding hydrogens is 342 g/mol. The molecule has 27 heavy (non-hydrogen) atoms. The van der Waals surface area contributed by atoms with Crippen molar-refractivity contribution in [2.75, 3.05) is 38.1 Å². The molecule has 0 aliphatic carbocycles. The maximum Gasteiger partial charge on any atom is 0.345 e. The number of aromatic nitrogens is 3. The Morgan fingerprint density at radius 3 is 2.78 bits per heavy atom. The fourth-order valence-corrected chi connectivity index (χ4v) is 3.51. The molecule has 0 bridgehead atoms. The Hall–Kier alpha value is -3.19. The van der Waals surface area contributed by atoms with Crippen LogP contribution in [0.1, 0.15) is 0 Å². The topological polar surface area (TPSA) is 66.9 Å². The smallest absolute Gasteiger partial charge is 0.345 e. The second-order valence-electron chi connectivity index (χ2n) is 6.93. The van der Waals surface area contributed by atoms with Gasteiger partial charge in [-0.2, -0.15) is 0 Å². The summed E-state index contributed by atoms with van der Waals surface area (Å²) in [7, 11) is 2.13. The van der Waals surface area contributed by atoms with E-state index in [-0.39, 0.29) is 5.63 Å². The molecule has 0 unspecified atom stereocenters. The predicted octanol–water partition coefficient (Wildman–Crippen LogP) is 2.25. The normalized spacial score (nSPS) is 15.7. The quantitative estimate of drug-likeness (QED) is 0.510. The Bertz CT molecular complexity index is 1150. The van der Waals surface area contributed by atoms with E-state index in [0.717, 1.165) is 37.3 Å². The maximum atomic E-state index is 12.6. The van der Waals surface area contributed by atoms with Crippen LogP contribution in [0.25, 0.3) is 27.9 Å². The first-order valence-electron chi connectivity index (χ1n) is 8.98. The number of rotatable bonds is 2. The largest absolute Gasteiger partial charge is 0.422 e. The Balaban J connectivity index is 1.55. The number of nitrogens with zero attached hydrogens (tertiary/aromatic N) is 5. The molecule has 1 saturated heterocycles. The van der Waals surface area contributed by atoms with Crippen LogP contribution < -0.4 is 10.5 Å². The molecule has 0 spiro atoms. The minimum atomic E-state index is -0.380. The average Bonchev–Trinajstić information content (AvgIpc) is 3.11. The molecule has 4 aromatic rings. The van der Waals surface area contributed by atoms with Crippen LogP contribution in [0.3, 0.4) is 0 Å². The number of piperazine rings is 1. The zero-order chi connectivity index (χ0) is 18.4. The van der Waals surface area contributed by atoms with Gasteiger partial charge < -0.3 is 18.6 Å². The van der Waals surface area contributed by atoms with Gasteiger partial charge in [-0.15, -0.1) is 0 Å². The molecule has 1 fully saturated rings. The van der Waals surface area contributed by atoms with Crippen LogP contribution in [0.4, 0.5) is 5.69 Å².